The Morgan fingerprint density at radius 1 is 1.42 bits per heavy atom. The SMILES string of the molecule is CCN(Cc1c(Cl)c(C)nn1C)CC1CCNCC1. The highest BCUT2D eigenvalue weighted by Crippen LogP contribution is 2.22. The van der Waals surface area contributed by atoms with E-state index in [2.05, 4.69) is 22.2 Å². The van der Waals surface area contributed by atoms with Crippen LogP contribution >= 0.6 is 11.6 Å². The molecule has 0 saturated carbocycles. The van der Waals surface area contributed by atoms with Crippen molar-refractivity contribution in [3.8, 4) is 0 Å². The van der Waals surface area contributed by atoms with Gasteiger partial charge < -0.3 is 5.32 Å². The Bertz CT molecular complexity index is 410. The predicted molar refractivity (Wildman–Crippen MR) is 79.5 cm³/mol. The first-order valence-electron chi connectivity index (χ1n) is 7.22. The summed E-state index contributed by atoms with van der Waals surface area (Å²) in [5, 5.41) is 8.64. The summed E-state index contributed by atoms with van der Waals surface area (Å²) in [5.41, 5.74) is 2.06. The lowest BCUT2D eigenvalue weighted by Crippen LogP contribution is -2.36. The topological polar surface area (TPSA) is 33.1 Å². The second kappa shape index (κ2) is 6.73. The first kappa shape index (κ1) is 14.8. The van der Waals surface area contributed by atoms with E-state index in [1.54, 1.807) is 0 Å². The summed E-state index contributed by atoms with van der Waals surface area (Å²) in [6.07, 6.45) is 2.57. The average Bonchev–Trinajstić information content (AvgIpc) is 2.65. The van der Waals surface area contributed by atoms with Gasteiger partial charge >= 0.3 is 0 Å². The van der Waals surface area contributed by atoms with Crippen molar-refractivity contribution in [3.63, 3.8) is 0 Å². The number of hydrogen-bond donors (Lipinski definition) is 1. The van der Waals surface area contributed by atoms with E-state index < -0.39 is 0 Å². The van der Waals surface area contributed by atoms with Crippen LogP contribution in [0.15, 0.2) is 0 Å². The number of aryl methyl sites for hydroxylation is 2. The lowest BCUT2D eigenvalue weighted by molar-refractivity contribution is 0.203. The van der Waals surface area contributed by atoms with E-state index in [1.807, 2.05) is 18.7 Å². The van der Waals surface area contributed by atoms with Crippen molar-refractivity contribution >= 4 is 11.6 Å². The summed E-state index contributed by atoms with van der Waals surface area (Å²) in [4.78, 5) is 2.48. The molecule has 0 unspecified atom stereocenters. The highest BCUT2D eigenvalue weighted by atomic mass is 35.5. The van der Waals surface area contributed by atoms with Crippen molar-refractivity contribution in [2.75, 3.05) is 26.2 Å². The predicted octanol–water partition coefficient (Wildman–Crippen LogP) is 2.20. The number of rotatable bonds is 5. The third-order valence-corrected chi connectivity index (χ3v) is 4.55. The van der Waals surface area contributed by atoms with E-state index in [-0.39, 0.29) is 0 Å². The van der Waals surface area contributed by atoms with E-state index >= 15 is 0 Å². The molecule has 2 heterocycles. The van der Waals surface area contributed by atoms with Gasteiger partial charge in [-0.25, -0.2) is 0 Å². The van der Waals surface area contributed by atoms with Crippen molar-refractivity contribution in [2.24, 2.45) is 13.0 Å². The van der Waals surface area contributed by atoms with Gasteiger partial charge in [-0.05, 0) is 45.3 Å². The number of nitrogens with one attached hydrogen (secondary N) is 1. The smallest absolute Gasteiger partial charge is 0.0860 e. The van der Waals surface area contributed by atoms with Crippen molar-refractivity contribution in [2.45, 2.75) is 33.2 Å². The van der Waals surface area contributed by atoms with Gasteiger partial charge in [0.25, 0.3) is 0 Å². The maximum absolute atomic E-state index is 6.34. The molecule has 1 N–H and O–H groups in total. The molecule has 0 amide bonds. The zero-order chi connectivity index (χ0) is 13.8. The van der Waals surface area contributed by atoms with Crippen molar-refractivity contribution in [3.05, 3.63) is 16.4 Å². The van der Waals surface area contributed by atoms with Crippen molar-refractivity contribution < 1.29 is 0 Å². The van der Waals surface area contributed by atoms with Gasteiger partial charge in [-0.1, -0.05) is 18.5 Å². The molecule has 1 aliphatic heterocycles. The largest absolute Gasteiger partial charge is 0.317 e. The van der Waals surface area contributed by atoms with E-state index in [9.17, 15) is 0 Å². The Balaban J connectivity index is 1.98. The Morgan fingerprint density at radius 2 is 2.11 bits per heavy atom. The van der Waals surface area contributed by atoms with Crippen LogP contribution in [0.4, 0.5) is 0 Å². The van der Waals surface area contributed by atoms with Crippen LogP contribution in [0.1, 0.15) is 31.2 Å². The lowest BCUT2D eigenvalue weighted by atomic mass is 9.97. The molecule has 0 aromatic carbocycles. The summed E-state index contributed by atoms with van der Waals surface area (Å²) in [5.74, 6) is 0.814. The number of nitrogens with zero attached hydrogens (tertiary/aromatic N) is 3. The second-order valence-electron chi connectivity index (χ2n) is 5.49. The molecule has 4 nitrogen and oxygen atoms in total. The van der Waals surface area contributed by atoms with Gasteiger partial charge in [0.15, 0.2) is 0 Å². The molecule has 108 valence electrons. The molecular weight excluding hydrogens is 260 g/mol. The molecule has 5 heteroatoms. The maximum Gasteiger partial charge on any atom is 0.0860 e. The fourth-order valence-electron chi connectivity index (χ4n) is 2.80. The number of piperidine rings is 1. The fraction of sp³-hybridized carbons (Fsp3) is 0.786. The van der Waals surface area contributed by atoms with Crippen molar-refractivity contribution in [1.29, 1.82) is 0 Å². The van der Waals surface area contributed by atoms with Gasteiger partial charge in [0.05, 0.1) is 16.4 Å². The van der Waals surface area contributed by atoms with Crippen LogP contribution in [0.3, 0.4) is 0 Å². The molecule has 1 fully saturated rings. The Hall–Kier alpha value is -0.580. The van der Waals surface area contributed by atoms with Gasteiger partial charge in [0.2, 0.25) is 0 Å². The van der Waals surface area contributed by atoms with E-state index in [4.69, 9.17) is 11.6 Å². The highest BCUT2D eigenvalue weighted by Gasteiger charge is 2.19. The standard InChI is InChI=1S/C14H25ClN4/c1-4-19(9-12-5-7-16-8-6-12)10-13-14(15)11(2)17-18(13)3/h12,16H,4-10H2,1-3H3. The third-order valence-electron chi connectivity index (χ3n) is 4.06. The summed E-state index contributed by atoms with van der Waals surface area (Å²) < 4.78 is 1.92. The fourth-order valence-corrected chi connectivity index (χ4v) is 3.02. The molecule has 19 heavy (non-hydrogen) atoms. The molecule has 0 atom stereocenters. The molecule has 1 saturated heterocycles. The van der Waals surface area contributed by atoms with E-state index in [0.717, 1.165) is 48.5 Å². The summed E-state index contributed by atoms with van der Waals surface area (Å²) in [7, 11) is 1.98. The van der Waals surface area contributed by atoms with Crippen LogP contribution < -0.4 is 5.32 Å². The van der Waals surface area contributed by atoms with E-state index in [0.29, 0.717) is 0 Å². The number of halogens is 1. The average molecular weight is 285 g/mol. The molecule has 0 radical (unpaired) electrons. The maximum atomic E-state index is 6.34. The summed E-state index contributed by atoms with van der Waals surface area (Å²) >= 11 is 6.34. The zero-order valence-electron chi connectivity index (χ0n) is 12.2. The molecule has 0 spiro atoms. The lowest BCUT2D eigenvalue weighted by Gasteiger charge is -2.29. The van der Waals surface area contributed by atoms with Crippen LogP contribution in [-0.4, -0.2) is 40.9 Å². The molecule has 0 bridgehead atoms. The van der Waals surface area contributed by atoms with Gasteiger partial charge in [0, 0.05) is 20.1 Å². The Labute approximate surface area is 121 Å². The Morgan fingerprint density at radius 3 is 2.63 bits per heavy atom. The quantitative estimate of drug-likeness (QED) is 0.900. The summed E-state index contributed by atoms with van der Waals surface area (Å²) in [6, 6.07) is 0. The van der Waals surface area contributed by atoms with Gasteiger partial charge in [-0.3, -0.25) is 9.58 Å². The van der Waals surface area contributed by atoms with Crippen LogP contribution in [0, 0.1) is 12.8 Å². The molecule has 2 rings (SSSR count). The number of hydrogen-bond acceptors (Lipinski definition) is 3. The van der Waals surface area contributed by atoms with Crippen LogP contribution in [0.5, 0.6) is 0 Å². The summed E-state index contributed by atoms with van der Waals surface area (Å²) in [6.45, 7) is 9.63. The molecule has 1 aromatic heterocycles. The molecule has 0 aliphatic carbocycles. The minimum absolute atomic E-state index is 0.814. The van der Waals surface area contributed by atoms with Gasteiger partial charge in [-0.15, -0.1) is 0 Å². The Kier molecular flexibility index (Phi) is 5.25. The van der Waals surface area contributed by atoms with Crippen LogP contribution in [-0.2, 0) is 13.6 Å². The minimum Gasteiger partial charge on any atom is -0.317 e. The minimum atomic E-state index is 0.814. The monoisotopic (exact) mass is 284 g/mol. The molecule has 1 aliphatic rings. The second-order valence-corrected chi connectivity index (χ2v) is 5.87. The van der Waals surface area contributed by atoms with Gasteiger partial charge in [-0.2, -0.15) is 5.10 Å². The highest BCUT2D eigenvalue weighted by molar-refractivity contribution is 6.31. The molecular formula is C14H25ClN4. The number of aromatic nitrogens is 2. The van der Waals surface area contributed by atoms with Gasteiger partial charge in [0.1, 0.15) is 0 Å². The first-order valence-corrected chi connectivity index (χ1v) is 7.60. The third kappa shape index (κ3) is 3.71. The molecule has 1 aromatic rings. The van der Waals surface area contributed by atoms with Crippen LogP contribution in [0.25, 0.3) is 0 Å². The zero-order valence-corrected chi connectivity index (χ0v) is 13.0. The van der Waals surface area contributed by atoms with Crippen LogP contribution in [0.2, 0.25) is 5.02 Å². The normalized spacial score (nSPS) is 17.3. The van der Waals surface area contributed by atoms with Crippen molar-refractivity contribution in [1.82, 2.24) is 20.0 Å². The van der Waals surface area contributed by atoms with E-state index in [1.165, 1.54) is 19.4 Å². The first-order chi connectivity index (χ1) is 9.11.